The second-order valence-corrected chi connectivity index (χ2v) is 17.3. The largest absolute Gasteiger partial charge is 0.497 e. The molecule has 0 unspecified atom stereocenters. The van der Waals surface area contributed by atoms with Crippen LogP contribution in [-0.4, -0.2) is 61.4 Å². The van der Waals surface area contributed by atoms with Gasteiger partial charge in [0, 0.05) is 48.0 Å². The van der Waals surface area contributed by atoms with Crippen molar-refractivity contribution >= 4 is 32.5 Å². The lowest BCUT2D eigenvalue weighted by Crippen LogP contribution is -2.23. The number of aromatic amines is 1. The molecule has 0 amide bonds. The second kappa shape index (κ2) is 18.3. The Morgan fingerprint density at radius 1 is 0.889 bits per heavy atom. The molecule has 3 aromatic carbocycles. The van der Waals surface area contributed by atoms with Crippen LogP contribution in [0.2, 0.25) is 0 Å². The highest BCUT2D eigenvalue weighted by Gasteiger charge is 2.19. The number of hydrogen-bond donors (Lipinski definition) is 5. The summed E-state index contributed by atoms with van der Waals surface area (Å²) in [6, 6.07) is 24.7. The van der Waals surface area contributed by atoms with E-state index in [0.29, 0.717) is 30.1 Å². The van der Waals surface area contributed by atoms with Gasteiger partial charge in [0.1, 0.15) is 11.4 Å². The van der Waals surface area contributed by atoms with E-state index >= 15 is 0 Å². The van der Waals surface area contributed by atoms with Crippen LogP contribution in [0.5, 0.6) is 5.75 Å². The molecule has 0 saturated heterocycles. The number of nitrogens with two attached hydrogens (primary N) is 2. The number of ether oxygens (including phenoxy) is 1. The van der Waals surface area contributed by atoms with Crippen LogP contribution in [0.15, 0.2) is 99.7 Å². The summed E-state index contributed by atoms with van der Waals surface area (Å²) >= 11 is 0. The van der Waals surface area contributed by atoms with Gasteiger partial charge in [0.25, 0.3) is 0 Å². The van der Waals surface area contributed by atoms with E-state index in [1.165, 1.54) is 0 Å². The fourth-order valence-corrected chi connectivity index (χ4v) is 6.80. The minimum absolute atomic E-state index is 0.0184. The maximum absolute atomic E-state index is 12.5. The molecule has 0 aliphatic rings. The Balaban J connectivity index is 0.000000244. The van der Waals surface area contributed by atoms with Gasteiger partial charge in [-0.05, 0) is 90.5 Å². The zero-order valence-corrected chi connectivity index (χ0v) is 33.4. The molecule has 7 N–H and O–H groups in total. The van der Waals surface area contributed by atoms with Crippen LogP contribution in [0, 0.1) is 0 Å². The van der Waals surface area contributed by atoms with Gasteiger partial charge in [0.15, 0.2) is 15.8 Å². The summed E-state index contributed by atoms with van der Waals surface area (Å²) in [6.07, 6.45) is 3.26. The van der Waals surface area contributed by atoms with E-state index in [0.717, 1.165) is 58.8 Å². The maximum Gasteiger partial charge on any atom is 0.354 e. The van der Waals surface area contributed by atoms with Crippen LogP contribution in [0.3, 0.4) is 0 Å². The predicted molar refractivity (Wildman–Crippen MR) is 221 cm³/mol. The van der Waals surface area contributed by atoms with E-state index in [4.69, 9.17) is 16.2 Å². The van der Waals surface area contributed by atoms with Gasteiger partial charge in [-0.15, -0.1) is 0 Å². The number of guanidine groups is 1. The van der Waals surface area contributed by atoms with Crippen LogP contribution >= 0.6 is 0 Å². The Morgan fingerprint density at radius 3 is 2.15 bits per heavy atom. The molecule has 2 heterocycles. The summed E-state index contributed by atoms with van der Waals surface area (Å²) < 4.78 is 31.6. The van der Waals surface area contributed by atoms with Gasteiger partial charge in [-0.3, -0.25) is 9.56 Å². The van der Waals surface area contributed by atoms with Crippen LogP contribution < -0.4 is 32.5 Å². The van der Waals surface area contributed by atoms with E-state index in [1.807, 2.05) is 66.9 Å². The second-order valence-electron chi connectivity index (χ2n) is 15.2. The minimum atomic E-state index is -3.25. The van der Waals surface area contributed by atoms with Gasteiger partial charge >= 0.3 is 5.69 Å². The number of rotatable bonds is 14. The summed E-state index contributed by atoms with van der Waals surface area (Å²) in [5, 5.41) is 7.50. The van der Waals surface area contributed by atoms with Crippen LogP contribution in [0.25, 0.3) is 16.7 Å². The molecule has 5 aromatic rings. The molecular formula is C41H56N8O4S. The topological polar surface area (TPSA) is 183 Å². The molecule has 0 spiro atoms. The van der Waals surface area contributed by atoms with Crippen molar-refractivity contribution in [2.75, 3.05) is 37.8 Å². The molecule has 0 bridgehead atoms. The number of nitrogens with zero attached hydrogens (tertiary/aromatic N) is 3. The molecule has 5 rings (SSSR count). The van der Waals surface area contributed by atoms with Crippen molar-refractivity contribution in [2.24, 2.45) is 16.5 Å². The molecular weight excluding hydrogens is 701 g/mol. The number of anilines is 1. The number of nitrogens with one attached hydrogen (secondary N) is 3. The van der Waals surface area contributed by atoms with Crippen LogP contribution in [0.1, 0.15) is 71.2 Å². The van der Waals surface area contributed by atoms with Crippen molar-refractivity contribution in [1.82, 2.24) is 19.9 Å². The first kappa shape index (κ1) is 41.6. The lowest BCUT2D eigenvalue weighted by atomic mass is 9.87. The SMILES string of the molecule is CC(C)(C)c1cc2cn(-c3ccc(CNCCCN=C(N)N)cc3)c(=O)nc2[nH]1.COc1ccc(NCCCS(=O)(=O)c2ccc(C(C)(C)C)cc2)cc1. The quantitative estimate of drug-likeness (QED) is 0.0513. The van der Waals surface area contributed by atoms with Crippen LogP contribution in [-0.2, 0) is 27.2 Å². The number of aliphatic imine (C=N–C) groups is 1. The lowest BCUT2D eigenvalue weighted by Gasteiger charge is -2.19. The number of methoxy groups -OCH3 is 1. The summed E-state index contributed by atoms with van der Waals surface area (Å²) in [5.74, 6) is 1.05. The maximum atomic E-state index is 12.5. The Bertz CT molecular complexity index is 2140. The first-order chi connectivity index (χ1) is 25.5. The van der Waals surface area contributed by atoms with E-state index in [1.54, 1.807) is 23.8 Å². The number of benzene rings is 3. The third-order valence-electron chi connectivity index (χ3n) is 8.75. The van der Waals surface area contributed by atoms with Gasteiger partial charge in [0.2, 0.25) is 0 Å². The van der Waals surface area contributed by atoms with E-state index in [2.05, 4.69) is 73.2 Å². The molecule has 2 aromatic heterocycles. The Kier molecular flexibility index (Phi) is 14.1. The molecule has 13 heteroatoms. The monoisotopic (exact) mass is 756 g/mol. The first-order valence-corrected chi connectivity index (χ1v) is 19.8. The smallest absolute Gasteiger partial charge is 0.354 e. The molecule has 0 radical (unpaired) electrons. The zero-order chi connectivity index (χ0) is 39.5. The van der Waals surface area contributed by atoms with Crippen molar-refractivity contribution in [1.29, 1.82) is 0 Å². The third kappa shape index (κ3) is 12.2. The van der Waals surface area contributed by atoms with Crippen molar-refractivity contribution in [3.8, 4) is 11.4 Å². The fourth-order valence-electron chi connectivity index (χ4n) is 5.49. The minimum Gasteiger partial charge on any atom is -0.497 e. The number of aromatic nitrogens is 3. The Morgan fingerprint density at radius 2 is 1.56 bits per heavy atom. The standard InChI is InChI=1S/C21H29N7O.C20H27NO3S/c1-21(2,3)17-11-15-13-28(20(29)27-18(15)26-17)16-7-5-14(6-8-16)12-24-9-4-10-25-19(22)23;1-20(2,3)16-6-12-19(13-7-16)25(22,23)15-5-14-21-17-8-10-18(24-4)11-9-17/h5-8,11,13,24H,4,9-10,12H2,1-3H3,(H4,22,23,25)(H,26,27,29);6-13,21H,5,14-15H2,1-4H3. The van der Waals surface area contributed by atoms with Crippen LogP contribution in [0.4, 0.5) is 5.69 Å². The number of fused-ring (bicyclic) bond motifs is 1. The van der Waals surface area contributed by atoms with Gasteiger partial charge in [-0.25, -0.2) is 13.2 Å². The molecule has 0 saturated carbocycles. The summed E-state index contributed by atoms with van der Waals surface area (Å²) in [4.78, 5) is 24.3. The Labute approximate surface area is 319 Å². The number of H-pyrrole nitrogens is 1. The average Bonchev–Trinajstić information content (AvgIpc) is 3.55. The van der Waals surface area contributed by atoms with Gasteiger partial charge in [-0.2, -0.15) is 4.98 Å². The molecule has 0 aliphatic heterocycles. The predicted octanol–water partition coefficient (Wildman–Crippen LogP) is 6.03. The number of sulfone groups is 1. The summed E-state index contributed by atoms with van der Waals surface area (Å²) in [6.45, 7) is 15.5. The highest BCUT2D eigenvalue weighted by atomic mass is 32.2. The van der Waals surface area contributed by atoms with E-state index < -0.39 is 9.84 Å². The van der Waals surface area contributed by atoms with Gasteiger partial charge < -0.3 is 31.8 Å². The first-order valence-electron chi connectivity index (χ1n) is 18.2. The molecule has 290 valence electrons. The third-order valence-corrected chi connectivity index (χ3v) is 10.6. The van der Waals surface area contributed by atoms with Crippen molar-refractivity contribution in [3.05, 3.63) is 112 Å². The highest BCUT2D eigenvalue weighted by Crippen LogP contribution is 2.25. The average molecular weight is 757 g/mol. The Hall–Kier alpha value is -5.14. The lowest BCUT2D eigenvalue weighted by molar-refractivity contribution is 0.415. The van der Waals surface area contributed by atoms with Crippen molar-refractivity contribution < 1.29 is 13.2 Å². The molecule has 54 heavy (non-hydrogen) atoms. The van der Waals surface area contributed by atoms with Crippen molar-refractivity contribution in [2.45, 2.75) is 76.7 Å². The van der Waals surface area contributed by atoms with E-state index in [-0.39, 0.29) is 28.2 Å². The summed E-state index contributed by atoms with van der Waals surface area (Å²) in [5.41, 5.74) is 16.0. The van der Waals surface area contributed by atoms with Gasteiger partial charge in [0.05, 0.1) is 23.4 Å². The molecule has 12 nitrogen and oxygen atoms in total. The van der Waals surface area contributed by atoms with Gasteiger partial charge in [-0.1, -0.05) is 65.8 Å². The molecule has 0 fully saturated rings. The van der Waals surface area contributed by atoms with E-state index in [9.17, 15) is 13.2 Å². The number of hydrogen-bond acceptors (Lipinski definition) is 8. The normalized spacial score (nSPS) is 11.8. The highest BCUT2D eigenvalue weighted by molar-refractivity contribution is 7.91. The molecule has 0 aliphatic carbocycles. The zero-order valence-electron chi connectivity index (χ0n) is 32.6. The summed E-state index contributed by atoms with van der Waals surface area (Å²) in [7, 11) is -1.62. The van der Waals surface area contributed by atoms with Crippen molar-refractivity contribution in [3.63, 3.8) is 0 Å². The fraction of sp³-hybridized carbons (Fsp3) is 0.390. The molecule has 0 atom stereocenters.